The van der Waals surface area contributed by atoms with Crippen molar-refractivity contribution in [2.24, 2.45) is 10.9 Å². The van der Waals surface area contributed by atoms with Gasteiger partial charge in [0.1, 0.15) is 18.1 Å². The normalized spacial score (nSPS) is 11.2. The first-order valence-electron chi connectivity index (χ1n) is 6.18. The largest absolute Gasteiger partial charge is 0.496 e. The minimum Gasteiger partial charge on any atom is -0.496 e. The molecule has 2 aromatic rings. The number of halogens is 1. The lowest BCUT2D eigenvalue weighted by Gasteiger charge is -2.11. The van der Waals surface area contributed by atoms with Crippen LogP contribution >= 0.6 is 15.9 Å². The summed E-state index contributed by atoms with van der Waals surface area (Å²) in [6.45, 7) is 0.359. The Balaban J connectivity index is 2.15. The lowest BCUT2D eigenvalue weighted by molar-refractivity contribution is 0.303. The minimum absolute atomic E-state index is 0.0153. The van der Waals surface area contributed by atoms with Crippen molar-refractivity contribution in [1.29, 1.82) is 0 Å². The third-order valence-corrected chi connectivity index (χ3v) is 3.50. The molecular weight excluding hydrogens is 336 g/mol. The van der Waals surface area contributed by atoms with Gasteiger partial charge < -0.3 is 20.4 Å². The van der Waals surface area contributed by atoms with E-state index in [-0.39, 0.29) is 5.84 Å². The molecule has 2 rings (SSSR count). The van der Waals surface area contributed by atoms with Crippen LogP contribution in [-0.2, 0) is 6.61 Å². The van der Waals surface area contributed by atoms with Crippen molar-refractivity contribution in [3.63, 3.8) is 0 Å². The van der Waals surface area contributed by atoms with Crippen LogP contribution in [0.5, 0.6) is 11.5 Å². The summed E-state index contributed by atoms with van der Waals surface area (Å²) >= 11 is 3.43. The lowest BCUT2D eigenvalue weighted by atomic mass is 10.2. The van der Waals surface area contributed by atoms with Gasteiger partial charge in [-0.3, -0.25) is 0 Å². The molecule has 0 amide bonds. The highest BCUT2D eigenvalue weighted by molar-refractivity contribution is 9.10. The molecular formula is C15H15BrN2O3. The summed E-state index contributed by atoms with van der Waals surface area (Å²) in [5.74, 6) is 1.33. The summed E-state index contributed by atoms with van der Waals surface area (Å²) in [6.07, 6.45) is 0. The SMILES string of the molecule is COc1ccc(COc2ccccc2C(N)=NO)cc1Br. The van der Waals surface area contributed by atoms with Gasteiger partial charge in [0.25, 0.3) is 0 Å². The Kier molecular flexibility index (Phi) is 5.05. The van der Waals surface area contributed by atoms with Crippen molar-refractivity contribution in [3.05, 3.63) is 58.1 Å². The molecule has 0 atom stereocenters. The summed E-state index contributed by atoms with van der Waals surface area (Å²) in [7, 11) is 1.61. The smallest absolute Gasteiger partial charge is 0.173 e. The van der Waals surface area contributed by atoms with Crippen molar-refractivity contribution in [2.75, 3.05) is 7.11 Å². The maximum absolute atomic E-state index is 8.78. The Labute approximate surface area is 131 Å². The number of hydrogen-bond acceptors (Lipinski definition) is 4. The highest BCUT2D eigenvalue weighted by atomic mass is 79.9. The van der Waals surface area contributed by atoms with Crippen molar-refractivity contribution >= 4 is 21.8 Å². The second-order valence-corrected chi connectivity index (χ2v) is 5.09. The number of nitrogens with two attached hydrogens (primary N) is 1. The fourth-order valence-corrected chi connectivity index (χ4v) is 2.41. The average molecular weight is 351 g/mol. The van der Waals surface area contributed by atoms with Crippen LogP contribution in [0.2, 0.25) is 0 Å². The standard InChI is InChI=1S/C15H15BrN2O3/c1-20-14-7-6-10(8-12(14)16)9-21-13-5-3-2-4-11(13)15(17)18-19/h2-8,19H,9H2,1H3,(H2,17,18). The maximum atomic E-state index is 8.78. The molecule has 0 saturated carbocycles. The highest BCUT2D eigenvalue weighted by Crippen LogP contribution is 2.26. The second kappa shape index (κ2) is 6.99. The molecule has 21 heavy (non-hydrogen) atoms. The zero-order valence-electron chi connectivity index (χ0n) is 11.4. The van der Waals surface area contributed by atoms with Crippen LogP contribution in [0.25, 0.3) is 0 Å². The molecule has 3 N–H and O–H groups in total. The second-order valence-electron chi connectivity index (χ2n) is 4.24. The van der Waals surface area contributed by atoms with Gasteiger partial charge in [0, 0.05) is 0 Å². The fourth-order valence-electron chi connectivity index (χ4n) is 1.82. The van der Waals surface area contributed by atoms with E-state index in [1.807, 2.05) is 24.3 Å². The Morgan fingerprint density at radius 3 is 2.67 bits per heavy atom. The third-order valence-electron chi connectivity index (χ3n) is 2.88. The van der Waals surface area contributed by atoms with Crippen molar-refractivity contribution in [3.8, 4) is 11.5 Å². The van der Waals surface area contributed by atoms with Gasteiger partial charge in [-0.05, 0) is 45.8 Å². The monoisotopic (exact) mass is 350 g/mol. The summed E-state index contributed by atoms with van der Waals surface area (Å²) < 4.78 is 11.8. The molecule has 0 saturated heterocycles. The Morgan fingerprint density at radius 1 is 1.24 bits per heavy atom. The molecule has 0 fully saturated rings. The third kappa shape index (κ3) is 3.66. The number of hydrogen-bond donors (Lipinski definition) is 2. The summed E-state index contributed by atoms with van der Waals surface area (Å²) in [5, 5.41) is 11.8. The lowest BCUT2D eigenvalue weighted by Crippen LogP contribution is -2.14. The van der Waals surface area contributed by atoms with Crippen LogP contribution in [0.3, 0.4) is 0 Å². The quantitative estimate of drug-likeness (QED) is 0.376. The maximum Gasteiger partial charge on any atom is 0.173 e. The van der Waals surface area contributed by atoms with Crippen LogP contribution in [0, 0.1) is 0 Å². The first-order valence-corrected chi connectivity index (χ1v) is 6.97. The molecule has 2 aromatic carbocycles. The number of ether oxygens (including phenoxy) is 2. The van der Waals surface area contributed by atoms with E-state index in [4.69, 9.17) is 20.4 Å². The van der Waals surface area contributed by atoms with Gasteiger partial charge in [-0.15, -0.1) is 0 Å². The van der Waals surface area contributed by atoms with Crippen LogP contribution in [-0.4, -0.2) is 18.2 Å². The van der Waals surface area contributed by atoms with Crippen LogP contribution in [0.4, 0.5) is 0 Å². The van der Waals surface area contributed by atoms with E-state index < -0.39 is 0 Å². The van der Waals surface area contributed by atoms with E-state index in [0.29, 0.717) is 17.9 Å². The van der Waals surface area contributed by atoms with Gasteiger partial charge in [0.05, 0.1) is 17.1 Å². The summed E-state index contributed by atoms with van der Waals surface area (Å²) in [4.78, 5) is 0. The van der Waals surface area contributed by atoms with Gasteiger partial charge in [-0.25, -0.2) is 0 Å². The predicted molar refractivity (Wildman–Crippen MR) is 84.0 cm³/mol. The van der Waals surface area contributed by atoms with Gasteiger partial charge in [0.2, 0.25) is 0 Å². The van der Waals surface area contributed by atoms with Crippen molar-refractivity contribution in [2.45, 2.75) is 6.61 Å². The molecule has 6 heteroatoms. The van der Waals surface area contributed by atoms with E-state index in [0.717, 1.165) is 15.8 Å². The van der Waals surface area contributed by atoms with E-state index in [1.165, 1.54) is 0 Å². The summed E-state index contributed by atoms with van der Waals surface area (Å²) in [6, 6.07) is 12.8. The zero-order valence-corrected chi connectivity index (χ0v) is 13.0. The van der Waals surface area contributed by atoms with Gasteiger partial charge in [0.15, 0.2) is 5.84 Å². The van der Waals surface area contributed by atoms with Gasteiger partial charge in [-0.1, -0.05) is 23.4 Å². The highest BCUT2D eigenvalue weighted by Gasteiger charge is 2.08. The Morgan fingerprint density at radius 2 is 2.00 bits per heavy atom. The number of oxime groups is 1. The molecule has 0 spiro atoms. The van der Waals surface area contributed by atoms with Crippen molar-refractivity contribution < 1.29 is 14.7 Å². The molecule has 0 aromatic heterocycles. The first-order chi connectivity index (χ1) is 10.2. The average Bonchev–Trinajstić information content (AvgIpc) is 2.52. The molecule has 0 bridgehead atoms. The van der Waals surface area contributed by atoms with E-state index in [1.54, 1.807) is 25.3 Å². The molecule has 0 heterocycles. The van der Waals surface area contributed by atoms with Crippen LogP contribution in [0.1, 0.15) is 11.1 Å². The molecule has 0 radical (unpaired) electrons. The number of rotatable bonds is 5. The topological polar surface area (TPSA) is 77.1 Å². The number of nitrogens with zero attached hydrogens (tertiary/aromatic N) is 1. The van der Waals surface area contributed by atoms with E-state index in [9.17, 15) is 0 Å². The zero-order chi connectivity index (χ0) is 15.2. The molecule has 0 aliphatic rings. The minimum atomic E-state index is 0.0153. The number of benzene rings is 2. The van der Waals surface area contributed by atoms with E-state index >= 15 is 0 Å². The summed E-state index contributed by atoms with van der Waals surface area (Å²) in [5.41, 5.74) is 7.14. The Bertz CT molecular complexity index is 659. The number of methoxy groups -OCH3 is 1. The molecule has 0 unspecified atom stereocenters. The molecule has 0 aliphatic heterocycles. The number of para-hydroxylation sites is 1. The molecule has 5 nitrogen and oxygen atoms in total. The molecule has 0 aliphatic carbocycles. The predicted octanol–water partition coefficient (Wildman–Crippen LogP) is 3.13. The Hall–Kier alpha value is -2.21. The van der Waals surface area contributed by atoms with E-state index in [2.05, 4.69) is 21.1 Å². The number of amidine groups is 1. The fraction of sp³-hybridized carbons (Fsp3) is 0.133. The molecule has 110 valence electrons. The van der Waals surface area contributed by atoms with Crippen LogP contribution < -0.4 is 15.2 Å². The van der Waals surface area contributed by atoms with Gasteiger partial charge >= 0.3 is 0 Å². The van der Waals surface area contributed by atoms with Crippen LogP contribution in [0.15, 0.2) is 52.1 Å². The van der Waals surface area contributed by atoms with Gasteiger partial charge in [-0.2, -0.15) is 0 Å². The van der Waals surface area contributed by atoms with Crippen molar-refractivity contribution in [1.82, 2.24) is 0 Å². The first kappa shape index (κ1) is 15.2.